The highest BCUT2D eigenvalue weighted by Gasteiger charge is 2.24. The Morgan fingerprint density at radius 3 is 2.44 bits per heavy atom. The summed E-state index contributed by atoms with van der Waals surface area (Å²) in [5.74, 6) is 0.822. The monoisotopic (exact) mass is 499 g/mol. The molecule has 1 heterocycles. The third kappa shape index (κ3) is 5.99. The maximum atomic E-state index is 12.7. The number of methoxy groups -OCH3 is 1. The maximum absolute atomic E-state index is 12.7. The first-order valence-electron chi connectivity index (χ1n) is 10.3. The maximum Gasteiger partial charge on any atom is 0.232 e. The molecule has 0 aliphatic carbocycles. The van der Waals surface area contributed by atoms with Crippen LogP contribution < -0.4 is 13.9 Å². The number of anilines is 2. The SMILES string of the molecule is COc1ccccc1N1CCN(C(=O)CCCN(c2cc(Cl)ccc2Cl)S(C)(=O)=O)CC1. The Labute approximate surface area is 199 Å². The number of piperazine rings is 1. The average molecular weight is 500 g/mol. The first-order chi connectivity index (χ1) is 15.2. The molecule has 2 aromatic rings. The normalized spacial score (nSPS) is 14.4. The zero-order valence-electron chi connectivity index (χ0n) is 18.1. The van der Waals surface area contributed by atoms with Crippen LogP contribution in [-0.2, 0) is 14.8 Å². The van der Waals surface area contributed by atoms with E-state index in [2.05, 4.69) is 4.90 Å². The Balaban J connectivity index is 1.56. The van der Waals surface area contributed by atoms with E-state index in [1.165, 1.54) is 10.4 Å². The summed E-state index contributed by atoms with van der Waals surface area (Å²) in [6, 6.07) is 12.5. The molecule has 0 atom stereocenters. The van der Waals surface area contributed by atoms with Gasteiger partial charge in [0.2, 0.25) is 15.9 Å². The van der Waals surface area contributed by atoms with Crippen molar-refractivity contribution >= 4 is 50.5 Å². The average Bonchev–Trinajstić information content (AvgIpc) is 2.77. The van der Waals surface area contributed by atoms with E-state index in [9.17, 15) is 13.2 Å². The summed E-state index contributed by atoms with van der Waals surface area (Å²) in [7, 11) is -1.93. The Morgan fingerprint density at radius 2 is 1.78 bits per heavy atom. The minimum Gasteiger partial charge on any atom is -0.495 e. The lowest BCUT2D eigenvalue weighted by molar-refractivity contribution is -0.131. The van der Waals surface area contributed by atoms with Gasteiger partial charge in [-0.25, -0.2) is 8.42 Å². The number of sulfonamides is 1. The van der Waals surface area contributed by atoms with Gasteiger partial charge in [-0.2, -0.15) is 0 Å². The summed E-state index contributed by atoms with van der Waals surface area (Å²) in [6.07, 6.45) is 1.74. The molecule has 0 unspecified atom stereocenters. The van der Waals surface area contributed by atoms with E-state index in [1.807, 2.05) is 29.2 Å². The molecular weight excluding hydrogens is 473 g/mol. The number of carbonyl (C=O) groups is 1. The van der Waals surface area contributed by atoms with E-state index >= 15 is 0 Å². The fraction of sp³-hybridized carbons (Fsp3) is 0.409. The molecule has 1 aliphatic heterocycles. The van der Waals surface area contributed by atoms with Crippen molar-refractivity contribution in [1.29, 1.82) is 0 Å². The Hall–Kier alpha value is -2.16. The second kappa shape index (κ2) is 10.6. The van der Waals surface area contributed by atoms with Crippen LogP contribution in [-0.4, -0.2) is 65.3 Å². The molecule has 0 spiro atoms. The van der Waals surface area contributed by atoms with Crippen molar-refractivity contribution in [2.75, 3.05) is 55.3 Å². The second-order valence-electron chi connectivity index (χ2n) is 7.57. The Morgan fingerprint density at radius 1 is 1.09 bits per heavy atom. The first kappa shape index (κ1) is 24.5. The van der Waals surface area contributed by atoms with Crippen LogP contribution >= 0.6 is 23.2 Å². The summed E-state index contributed by atoms with van der Waals surface area (Å²) in [5.41, 5.74) is 1.34. The van der Waals surface area contributed by atoms with Crippen LogP contribution in [0.2, 0.25) is 10.0 Å². The summed E-state index contributed by atoms with van der Waals surface area (Å²) in [5, 5.41) is 0.681. The number of rotatable bonds is 8. The summed E-state index contributed by atoms with van der Waals surface area (Å²) in [6.45, 7) is 2.77. The fourth-order valence-electron chi connectivity index (χ4n) is 3.76. The minimum absolute atomic E-state index is 0.00955. The first-order valence-corrected chi connectivity index (χ1v) is 12.9. The molecule has 10 heteroatoms. The van der Waals surface area contributed by atoms with E-state index in [0.29, 0.717) is 48.3 Å². The predicted octanol–water partition coefficient (Wildman–Crippen LogP) is 3.90. The lowest BCUT2D eigenvalue weighted by Crippen LogP contribution is -2.49. The molecule has 2 aromatic carbocycles. The van der Waals surface area contributed by atoms with E-state index in [-0.39, 0.29) is 18.9 Å². The van der Waals surface area contributed by atoms with Crippen molar-refractivity contribution in [2.45, 2.75) is 12.8 Å². The van der Waals surface area contributed by atoms with Crippen LogP contribution in [0.5, 0.6) is 5.75 Å². The van der Waals surface area contributed by atoms with Gasteiger partial charge >= 0.3 is 0 Å². The third-order valence-corrected chi connectivity index (χ3v) is 7.12. The van der Waals surface area contributed by atoms with Gasteiger partial charge in [0.25, 0.3) is 0 Å². The molecule has 0 aromatic heterocycles. The van der Waals surface area contributed by atoms with Gasteiger partial charge in [-0.1, -0.05) is 35.3 Å². The van der Waals surface area contributed by atoms with Gasteiger partial charge in [0.05, 0.1) is 29.8 Å². The number of halogens is 2. The van der Waals surface area contributed by atoms with Crippen LogP contribution in [0.25, 0.3) is 0 Å². The Bertz CT molecular complexity index is 1060. The third-order valence-electron chi connectivity index (χ3n) is 5.39. The van der Waals surface area contributed by atoms with Crippen LogP contribution in [0.3, 0.4) is 0 Å². The zero-order chi connectivity index (χ0) is 23.3. The molecule has 0 saturated carbocycles. The molecule has 1 amide bonds. The predicted molar refractivity (Wildman–Crippen MR) is 130 cm³/mol. The number of para-hydroxylation sites is 2. The standard InChI is InChI=1S/C22H27Cl2N3O4S/c1-31-21-7-4-3-6-19(21)25-12-14-26(15-13-25)22(28)8-5-11-27(32(2,29)30)20-16-17(23)9-10-18(20)24/h3-4,6-7,9-10,16H,5,8,11-15H2,1-2H3. The fourth-order valence-corrected chi connectivity index (χ4v) is 5.17. The van der Waals surface area contributed by atoms with Gasteiger partial charge in [-0.3, -0.25) is 9.10 Å². The molecule has 32 heavy (non-hydrogen) atoms. The summed E-state index contributed by atoms with van der Waals surface area (Å²) >= 11 is 12.2. The number of nitrogens with zero attached hydrogens (tertiary/aromatic N) is 3. The van der Waals surface area contributed by atoms with E-state index in [4.69, 9.17) is 27.9 Å². The van der Waals surface area contributed by atoms with Gasteiger partial charge in [0.15, 0.2) is 0 Å². The minimum atomic E-state index is -3.58. The molecule has 1 fully saturated rings. The van der Waals surface area contributed by atoms with Gasteiger partial charge in [-0.15, -0.1) is 0 Å². The molecule has 1 aliphatic rings. The highest BCUT2D eigenvalue weighted by molar-refractivity contribution is 7.92. The molecule has 0 N–H and O–H groups in total. The van der Waals surface area contributed by atoms with Gasteiger partial charge in [0, 0.05) is 44.2 Å². The Kier molecular flexibility index (Phi) is 8.14. The zero-order valence-corrected chi connectivity index (χ0v) is 20.5. The number of carbonyl (C=O) groups excluding carboxylic acids is 1. The van der Waals surface area contributed by atoms with Crippen LogP contribution in [0, 0.1) is 0 Å². The van der Waals surface area contributed by atoms with E-state index < -0.39 is 10.0 Å². The van der Waals surface area contributed by atoms with E-state index in [0.717, 1.165) is 17.7 Å². The summed E-state index contributed by atoms with van der Waals surface area (Å²) in [4.78, 5) is 16.7. The van der Waals surface area contributed by atoms with Crippen LogP contribution in [0.15, 0.2) is 42.5 Å². The molecule has 3 rings (SSSR count). The van der Waals surface area contributed by atoms with Crippen molar-refractivity contribution in [3.63, 3.8) is 0 Å². The smallest absolute Gasteiger partial charge is 0.232 e. The van der Waals surface area contributed by atoms with Crippen molar-refractivity contribution in [3.8, 4) is 5.75 Å². The largest absolute Gasteiger partial charge is 0.495 e. The lowest BCUT2D eigenvalue weighted by Gasteiger charge is -2.36. The molecule has 1 saturated heterocycles. The lowest BCUT2D eigenvalue weighted by atomic mass is 10.2. The van der Waals surface area contributed by atoms with Crippen LogP contribution in [0.4, 0.5) is 11.4 Å². The van der Waals surface area contributed by atoms with Gasteiger partial charge < -0.3 is 14.5 Å². The molecule has 0 radical (unpaired) electrons. The number of ether oxygens (including phenoxy) is 1. The topological polar surface area (TPSA) is 70.2 Å². The molecule has 0 bridgehead atoms. The molecular formula is C22H27Cl2N3O4S. The van der Waals surface area contributed by atoms with Crippen molar-refractivity contribution in [2.24, 2.45) is 0 Å². The van der Waals surface area contributed by atoms with Crippen molar-refractivity contribution in [3.05, 3.63) is 52.5 Å². The van der Waals surface area contributed by atoms with Crippen molar-refractivity contribution < 1.29 is 17.9 Å². The number of benzene rings is 2. The summed E-state index contributed by atoms with van der Waals surface area (Å²) < 4.78 is 31.3. The highest BCUT2D eigenvalue weighted by Crippen LogP contribution is 2.31. The molecule has 174 valence electrons. The number of amides is 1. The number of hydrogen-bond donors (Lipinski definition) is 0. The highest BCUT2D eigenvalue weighted by atomic mass is 35.5. The van der Waals surface area contributed by atoms with E-state index in [1.54, 1.807) is 19.2 Å². The van der Waals surface area contributed by atoms with Gasteiger partial charge in [0.1, 0.15) is 5.75 Å². The second-order valence-corrected chi connectivity index (χ2v) is 10.3. The number of hydrogen-bond acceptors (Lipinski definition) is 5. The molecule has 7 nitrogen and oxygen atoms in total. The van der Waals surface area contributed by atoms with Gasteiger partial charge in [-0.05, 0) is 36.8 Å². The quantitative estimate of drug-likeness (QED) is 0.550. The van der Waals surface area contributed by atoms with Crippen molar-refractivity contribution in [1.82, 2.24) is 4.90 Å². The van der Waals surface area contributed by atoms with Crippen LogP contribution in [0.1, 0.15) is 12.8 Å².